The van der Waals surface area contributed by atoms with Gasteiger partial charge in [-0.25, -0.2) is 9.78 Å². The highest BCUT2D eigenvalue weighted by atomic mass is 16.4. The molecule has 4 unspecified atom stereocenters. The molecular formula is C17H28N6O6. The van der Waals surface area contributed by atoms with Crippen LogP contribution in [-0.4, -0.2) is 74.6 Å². The largest absolute Gasteiger partial charge is 0.480 e. The van der Waals surface area contributed by atoms with Crippen LogP contribution in [0.25, 0.3) is 0 Å². The number of aromatic amines is 1. The van der Waals surface area contributed by atoms with E-state index in [-0.39, 0.29) is 6.42 Å². The lowest BCUT2D eigenvalue weighted by Gasteiger charge is -2.24. The second-order valence-electron chi connectivity index (χ2n) is 6.94. The molecular weight excluding hydrogens is 384 g/mol. The summed E-state index contributed by atoms with van der Waals surface area (Å²) in [5.74, 6) is -3.84. The molecule has 1 rings (SSSR count). The number of imidazole rings is 1. The van der Waals surface area contributed by atoms with Crippen LogP contribution in [0.3, 0.4) is 0 Å². The Morgan fingerprint density at radius 3 is 2.10 bits per heavy atom. The van der Waals surface area contributed by atoms with Crippen LogP contribution in [0.2, 0.25) is 0 Å². The van der Waals surface area contributed by atoms with Crippen molar-refractivity contribution >= 4 is 23.7 Å². The number of aliphatic hydroxyl groups is 1. The third kappa shape index (κ3) is 7.50. The number of nitrogens with one attached hydrogen (secondary N) is 4. The van der Waals surface area contributed by atoms with Gasteiger partial charge in [-0.3, -0.25) is 14.4 Å². The Balaban J connectivity index is 2.89. The topological polar surface area (TPSA) is 200 Å². The van der Waals surface area contributed by atoms with E-state index in [4.69, 9.17) is 5.73 Å². The number of H-pyrrole nitrogens is 1. The fourth-order valence-corrected chi connectivity index (χ4v) is 2.36. The Bertz CT molecular complexity index is 705. The molecule has 0 aliphatic carbocycles. The van der Waals surface area contributed by atoms with E-state index in [0.29, 0.717) is 5.69 Å². The number of carbonyl (C=O) groups is 4. The van der Waals surface area contributed by atoms with E-state index in [0.717, 1.165) is 0 Å². The van der Waals surface area contributed by atoms with Gasteiger partial charge in [0.05, 0.1) is 19.0 Å². The highest BCUT2D eigenvalue weighted by Crippen LogP contribution is 2.04. The first kappa shape index (κ1) is 24.0. The molecule has 1 aromatic rings. The van der Waals surface area contributed by atoms with Gasteiger partial charge in [0.1, 0.15) is 18.1 Å². The Morgan fingerprint density at radius 1 is 1.07 bits per heavy atom. The first-order chi connectivity index (χ1) is 13.6. The summed E-state index contributed by atoms with van der Waals surface area (Å²) in [5, 5.41) is 25.7. The molecule has 0 spiro atoms. The summed E-state index contributed by atoms with van der Waals surface area (Å²) < 4.78 is 0. The molecule has 0 fully saturated rings. The smallest absolute Gasteiger partial charge is 0.326 e. The molecule has 8 N–H and O–H groups in total. The maximum absolute atomic E-state index is 12.6. The lowest BCUT2D eigenvalue weighted by molar-refractivity contribution is -0.143. The fraction of sp³-hybridized carbons (Fsp3) is 0.588. The van der Waals surface area contributed by atoms with Gasteiger partial charge in [0, 0.05) is 18.3 Å². The molecule has 0 bridgehead atoms. The monoisotopic (exact) mass is 412 g/mol. The predicted molar refractivity (Wildman–Crippen MR) is 101 cm³/mol. The second kappa shape index (κ2) is 11.1. The van der Waals surface area contributed by atoms with E-state index in [1.165, 1.54) is 19.4 Å². The van der Waals surface area contributed by atoms with Crippen LogP contribution in [0.1, 0.15) is 26.5 Å². The van der Waals surface area contributed by atoms with Crippen LogP contribution in [0.4, 0.5) is 0 Å². The molecule has 0 aromatic carbocycles. The van der Waals surface area contributed by atoms with E-state index >= 15 is 0 Å². The van der Waals surface area contributed by atoms with Gasteiger partial charge in [0.25, 0.3) is 0 Å². The quantitative estimate of drug-likeness (QED) is 0.206. The molecule has 3 amide bonds. The molecule has 12 heteroatoms. The molecule has 29 heavy (non-hydrogen) atoms. The average molecular weight is 412 g/mol. The minimum absolute atomic E-state index is 0.0355. The second-order valence-corrected chi connectivity index (χ2v) is 6.94. The van der Waals surface area contributed by atoms with Crippen LogP contribution < -0.4 is 21.7 Å². The van der Waals surface area contributed by atoms with Crippen molar-refractivity contribution < 1.29 is 29.4 Å². The zero-order valence-electron chi connectivity index (χ0n) is 16.5. The van der Waals surface area contributed by atoms with Gasteiger partial charge >= 0.3 is 5.97 Å². The van der Waals surface area contributed by atoms with Crippen LogP contribution in [0, 0.1) is 5.92 Å². The van der Waals surface area contributed by atoms with Crippen molar-refractivity contribution in [1.29, 1.82) is 0 Å². The van der Waals surface area contributed by atoms with Crippen molar-refractivity contribution in [1.82, 2.24) is 25.9 Å². The van der Waals surface area contributed by atoms with E-state index in [9.17, 15) is 29.4 Å². The summed E-state index contributed by atoms with van der Waals surface area (Å²) in [5.41, 5.74) is 6.07. The standard InChI is InChI=1S/C17H28N6O6/c1-8(2)13(17(28)29)23-16(27)12(6-24)22-15(26)11(21-14(25)9(3)18)4-10-5-19-7-20-10/h5,7-9,11-13,24H,4,6,18H2,1-3H3,(H,19,20)(H,21,25)(H,22,26)(H,23,27)(H,28,29). The maximum atomic E-state index is 12.6. The number of hydrogen-bond acceptors (Lipinski definition) is 7. The summed E-state index contributed by atoms with van der Waals surface area (Å²) in [6.45, 7) is 3.90. The average Bonchev–Trinajstić information content (AvgIpc) is 3.15. The van der Waals surface area contributed by atoms with Crippen molar-refractivity contribution in [3.05, 3.63) is 18.2 Å². The minimum atomic E-state index is -1.40. The number of carboxylic acids is 1. The number of aromatic nitrogens is 2. The number of nitrogens with zero attached hydrogens (tertiary/aromatic N) is 1. The SMILES string of the molecule is CC(N)C(=O)NC(Cc1cnc[nH]1)C(=O)NC(CO)C(=O)NC(C(=O)O)C(C)C. The summed E-state index contributed by atoms with van der Waals surface area (Å²) >= 11 is 0. The van der Waals surface area contributed by atoms with E-state index in [1.807, 2.05) is 0 Å². The van der Waals surface area contributed by atoms with Gasteiger partial charge in [0.15, 0.2) is 0 Å². The number of nitrogens with two attached hydrogens (primary N) is 1. The van der Waals surface area contributed by atoms with Crippen molar-refractivity contribution in [3.63, 3.8) is 0 Å². The van der Waals surface area contributed by atoms with E-state index in [1.54, 1.807) is 13.8 Å². The van der Waals surface area contributed by atoms with Crippen LogP contribution in [0.5, 0.6) is 0 Å². The zero-order valence-corrected chi connectivity index (χ0v) is 16.5. The molecule has 0 aliphatic heterocycles. The van der Waals surface area contributed by atoms with Crippen molar-refractivity contribution in [2.75, 3.05) is 6.61 Å². The Morgan fingerprint density at radius 2 is 1.66 bits per heavy atom. The normalized spacial score (nSPS) is 15.1. The van der Waals surface area contributed by atoms with E-state index < -0.39 is 60.4 Å². The fourth-order valence-electron chi connectivity index (χ4n) is 2.36. The summed E-state index contributed by atoms with van der Waals surface area (Å²) in [6.07, 6.45) is 2.90. The number of carboxylic acid groups (broad SMARTS) is 1. The van der Waals surface area contributed by atoms with Crippen LogP contribution in [0.15, 0.2) is 12.5 Å². The third-order valence-corrected chi connectivity index (χ3v) is 4.07. The predicted octanol–water partition coefficient (Wildman–Crippen LogP) is -2.51. The number of aliphatic hydroxyl groups excluding tert-OH is 1. The number of aliphatic carboxylic acids is 1. The molecule has 162 valence electrons. The molecule has 0 saturated heterocycles. The first-order valence-corrected chi connectivity index (χ1v) is 9.04. The van der Waals surface area contributed by atoms with Gasteiger partial charge < -0.3 is 36.9 Å². The summed E-state index contributed by atoms with van der Waals surface area (Å²) in [6, 6.07) is -4.56. The van der Waals surface area contributed by atoms with Gasteiger partial charge in [0.2, 0.25) is 17.7 Å². The Kier molecular flexibility index (Phi) is 9.22. The van der Waals surface area contributed by atoms with E-state index in [2.05, 4.69) is 25.9 Å². The minimum Gasteiger partial charge on any atom is -0.480 e. The van der Waals surface area contributed by atoms with Crippen molar-refractivity contribution in [2.45, 2.75) is 51.4 Å². The molecule has 0 radical (unpaired) electrons. The van der Waals surface area contributed by atoms with Gasteiger partial charge in [-0.1, -0.05) is 13.8 Å². The third-order valence-electron chi connectivity index (χ3n) is 4.07. The summed E-state index contributed by atoms with van der Waals surface area (Å²) in [4.78, 5) is 54.8. The lowest BCUT2D eigenvalue weighted by atomic mass is 10.0. The van der Waals surface area contributed by atoms with Crippen molar-refractivity contribution in [2.24, 2.45) is 11.7 Å². The highest BCUT2D eigenvalue weighted by Gasteiger charge is 2.30. The number of carbonyl (C=O) groups excluding carboxylic acids is 3. The molecule has 12 nitrogen and oxygen atoms in total. The lowest BCUT2D eigenvalue weighted by Crippen LogP contribution is -2.58. The number of hydrogen-bond donors (Lipinski definition) is 7. The van der Waals surface area contributed by atoms with Gasteiger partial charge in [-0.05, 0) is 12.8 Å². The van der Waals surface area contributed by atoms with Crippen LogP contribution in [-0.2, 0) is 25.6 Å². The summed E-state index contributed by atoms with van der Waals surface area (Å²) in [7, 11) is 0. The first-order valence-electron chi connectivity index (χ1n) is 9.04. The number of amides is 3. The highest BCUT2D eigenvalue weighted by molar-refractivity contribution is 5.94. The van der Waals surface area contributed by atoms with Crippen LogP contribution >= 0.6 is 0 Å². The number of rotatable bonds is 11. The molecule has 0 saturated carbocycles. The van der Waals surface area contributed by atoms with Crippen molar-refractivity contribution in [3.8, 4) is 0 Å². The van der Waals surface area contributed by atoms with Gasteiger partial charge in [-0.15, -0.1) is 0 Å². The molecule has 1 aromatic heterocycles. The Hall–Kier alpha value is -2.99. The molecule has 0 aliphatic rings. The molecule has 4 atom stereocenters. The maximum Gasteiger partial charge on any atom is 0.326 e. The van der Waals surface area contributed by atoms with Gasteiger partial charge in [-0.2, -0.15) is 0 Å². The zero-order chi connectivity index (χ0) is 22.1. The Labute approximate surface area is 167 Å². The molecule has 1 heterocycles.